The third-order valence-corrected chi connectivity index (χ3v) is 6.73. The number of aromatic nitrogens is 3. The lowest BCUT2D eigenvalue weighted by molar-refractivity contribution is -0.131. The van der Waals surface area contributed by atoms with Gasteiger partial charge in [-0.1, -0.05) is 61.2 Å². The van der Waals surface area contributed by atoms with Crippen LogP contribution >= 0.6 is 11.8 Å². The van der Waals surface area contributed by atoms with Crippen LogP contribution in [0.5, 0.6) is 0 Å². The van der Waals surface area contributed by atoms with Crippen molar-refractivity contribution in [3.8, 4) is 0 Å². The molecule has 2 N–H and O–H groups in total. The summed E-state index contributed by atoms with van der Waals surface area (Å²) in [5.74, 6) is 7.83. The average Bonchev–Trinajstić information content (AvgIpc) is 3.07. The highest BCUT2D eigenvalue weighted by molar-refractivity contribution is 8.00. The Morgan fingerprint density at radius 1 is 1.17 bits per heavy atom. The number of carbonyl (C=O) groups excluding carboxylic acids is 1. The van der Waals surface area contributed by atoms with E-state index in [9.17, 15) is 4.79 Å². The Morgan fingerprint density at radius 3 is 2.69 bits per heavy atom. The van der Waals surface area contributed by atoms with E-state index in [0.717, 1.165) is 31.5 Å². The molecule has 1 amide bonds. The van der Waals surface area contributed by atoms with Gasteiger partial charge in [0.25, 0.3) is 0 Å². The number of nitrogens with two attached hydrogens (primary N) is 1. The average molecular weight is 410 g/mol. The summed E-state index contributed by atoms with van der Waals surface area (Å²) < 4.78 is 1.52. The molecule has 1 saturated heterocycles. The van der Waals surface area contributed by atoms with Crippen LogP contribution < -0.4 is 5.84 Å². The number of hydrogen-bond donors (Lipinski definition) is 1. The molecule has 152 valence electrons. The van der Waals surface area contributed by atoms with Gasteiger partial charge in [0, 0.05) is 19.5 Å². The molecule has 2 aromatic carbocycles. The molecular weight excluding hydrogens is 382 g/mol. The molecule has 1 atom stereocenters. The lowest BCUT2D eigenvalue weighted by Crippen LogP contribution is -2.41. The van der Waals surface area contributed by atoms with Crippen LogP contribution in [0.1, 0.15) is 38.1 Å². The van der Waals surface area contributed by atoms with Crippen molar-refractivity contribution < 1.29 is 4.79 Å². The fourth-order valence-corrected chi connectivity index (χ4v) is 4.69. The molecular formula is C22H27N5OS. The summed E-state index contributed by atoms with van der Waals surface area (Å²) in [5.41, 5.74) is 1.16. The molecule has 0 spiro atoms. The van der Waals surface area contributed by atoms with Gasteiger partial charge < -0.3 is 10.7 Å². The molecule has 1 aliphatic rings. The molecule has 0 bridgehead atoms. The summed E-state index contributed by atoms with van der Waals surface area (Å²) in [7, 11) is 0. The Hall–Kier alpha value is -2.54. The van der Waals surface area contributed by atoms with Crippen LogP contribution in [-0.2, 0) is 11.2 Å². The molecule has 4 rings (SSSR count). The lowest BCUT2D eigenvalue weighted by atomic mass is 9.99. The molecule has 1 fully saturated rings. The van der Waals surface area contributed by atoms with E-state index in [0.29, 0.717) is 23.3 Å². The molecule has 7 heteroatoms. The maximum absolute atomic E-state index is 12.8. The standard InChI is InChI=1S/C22H27N5OS/c1-15-10-12-26(13-11-15)21(28)16(2)29-22-25-24-20(27(22)23)14-18-8-5-7-17-6-3-4-9-19(17)18/h3-9,15-16H,10-14,23H2,1-2H3/t16-/m0/s1. The Balaban J connectivity index is 1.46. The first-order valence-electron chi connectivity index (χ1n) is 10.1. The second-order valence-corrected chi connectivity index (χ2v) is 9.16. The third-order valence-electron chi connectivity index (χ3n) is 5.69. The Bertz CT molecular complexity index is 1000. The highest BCUT2D eigenvalue weighted by Gasteiger charge is 2.26. The van der Waals surface area contributed by atoms with E-state index in [2.05, 4.69) is 41.4 Å². The quantitative estimate of drug-likeness (QED) is 0.516. The topological polar surface area (TPSA) is 77.0 Å². The maximum Gasteiger partial charge on any atom is 0.235 e. The fourth-order valence-electron chi connectivity index (χ4n) is 3.82. The van der Waals surface area contributed by atoms with Crippen LogP contribution in [0, 0.1) is 5.92 Å². The highest BCUT2D eigenvalue weighted by Crippen LogP contribution is 2.26. The van der Waals surface area contributed by atoms with E-state index in [4.69, 9.17) is 5.84 Å². The summed E-state index contributed by atoms with van der Waals surface area (Å²) in [6, 6.07) is 14.5. The predicted octanol–water partition coefficient (Wildman–Crippen LogP) is 3.48. The van der Waals surface area contributed by atoms with Crippen molar-refractivity contribution in [2.75, 3.05) is 18.9 Å². The van der Waals surface area contributed by atoms with Crippen molar-refractivity contribution in [2.24, 2.45) is 5.92 Å². The number of carbonyl (C=O) groups is 1. The maximum atomic E-state index is 12.8. The number of rotatable bonds is 5. The number of fused-ring (bicyclic) bond motifs is 1. The molecule has 3 aromatic rings. The minimum Gasteiger partial charge on any atom is -0.342 e. The van der Waals surface area contributed by atoms with Crippen LogP contribution in [0.4, 0.5) is 0 Å². The van der Waals surface area contributed by atoms with Gasteiger partial charge in [0.15, 0.2) is 5.82 Å². The zero-order valence-electron chi connectivity index (χ0n) is 16.9. The Kier molecular flexibility index (Phi) is 5.76. The Labute approximate surface area is 175 Å². The zero-order valence-corrected chi connectivity index (χ0v) is 17.7. The molecule has 0 radical (unpaired) electrons. The number of hydrogen-bond acceptors (Lipinski definition) is 5. The predicted molar refractivity (Wildman–Crippen MR) is 117 cm³/mol. The van der Waals surface area contributed by atoms with Crippen molar-refractivity contribution in [2.45, 2.75) is 43.5 Å². The first-order chi connectivity index (χ1) is 14.0. The smallest absolute Gasteiger partial charge is 0.235 e. The molecule has 0 unspecified atom stereocenters. The van der Waals surface area contributed by atoms with Gasteiger partial charge >= 0.3 is 0 Å². The second-order valence-electron chi connectivity index (χ2n) is 7.85. The monoisotopic (exact) mass is 409 g/mol. The summed E-state index contributed by atoms with van der Waals surface area (Å²) in [5, 5.41) is 11.3. The van der Waals surface area contributed by atoms with Gasteiger partial charge in [-0.25, -0.2) is 4.68 Å². The molecule has 0 aliphatic carbocycles. The lowest BCUT2D eigenvalue weighted by Gasteiger charge is -2.31. The molecule has 1 aromatic heterocycles. The fraction of sp³-hybridized carbons (Fsp3) is 0.409. The molecule has 2 heterocycles. The number of thioether (sulfide) groups is 1. The van der Waals surface area contributed by atoms with Gasteiger partial charge in [-0.15, -0.1) is 10.2 Å². The van der Waals surface area contributed by atoms with E-state index in [1.165, 1.54) is 27.2 Å². The summed E-state index contributed by atoms with van der Waals surface area (Å²) in [6.07, 6.45) is 2.74. The van der Waals surface area contributed by atoms with E-state index in [1.807, 2.05) is 30.0 Å². The molecule has 1 aliphatic heterocycles. The number of benzene rings is 2. The number of nitrogen functional groups attached to an aromatic ring is 1. The number of piperidine rings is 1. The summed E-state index contributed by atoms with van der Waals surface area (Å²) in [6.45, 7) is 5.84. The van der Waals surface area contributed by atoms with Gasteiger partial charge in [-0.2, -0.15) is 0 Å². The Morgan fingerprint density at radius 2 is 1.90 bits per heavy atom. The first kappa shape index (κ1) is 19.8. The van der Waals surface area contributed by atoms with Crippen LogP contribution in [0.25, 0.3) is 10.8 Å². The largest absolute Gasteiger partial charge is 0.342 e. The number of nitrogens with zero attached hydrogens (tertiary/aromatic N) is 4. The SMILES string of the molecule is CC1CCN(C(=O)[C@H](C)Sc2nnc(Cc3cccc4ccccc34)n2N)CC1. The minimum atomic E-state index is -0.236. The van der Waals surface area contributed by atoms with Gasteiger partial charge in [-0.3, -0.25) is 4.79 Å². The van der Waals surface area contributed by atoms with Crippen LogP contribution in [0.15, 0.2) is 47.6 Å². The van der Waals surface area contributed by atoms with Crippen molar-refractivity contribution in [3.05, 3.63) is 53.9 Å². The summed E-state index contributed by atoms with van der Waals surface area (Å²) in [4.78, 5) is 14.7. The minimum absolute atomic E-state index is 0.153. The van der Waals surface area contributed by atoms with Crippen molar-refractivity contribution in [1.82, 2.24) is 19.8 Å². The molecule has 0 saturated carbocycles. The number of likely N-dealkylation sites (tertiary alicyclic amines) is 1. The molecule has 6 nitrogen and oxygen atoms in total. The van der Waals surface area contributed by atoms with Crippen molar-refractivity contribution >= 4 is 28.4 Å². The third kappa shape index (κ3) is 4.24. The number of amides is 1. The van der Waals surface area contributed by atoms with Crippen LogP contribution in [-0.4, -0.2) is 44.0 Å². The van der Waals surface area contributed by atoms with Crippen molar-refractivity contribution in [1.29, 1.82) is 0 Å². The van der Waals surface area contributed by atoms with Gasteiger partial charge in [0.1, 0.15) is 0 Å². The zero-order chi connectivity index (χ0) is 20.4. The molecule has 29 heavy (non-hydrogen) atoms. The summed E-state index contributed by atoms with van der Waals surface area (Å²) >= 11 is 1.38. The van der Waals surface area contributed by atoms with E-state index < -0.39 is 0 Å². The van der Waals surface area contributed by atoms with Gasteiger partial charge in [0.2, 0.25) is 11.1 Å². The van der Waals surface area contributed by atoms with E-state index in [1.54, 1.807) is 0 Å². The highest BCUT2D eigenvalue weighted by atomic mass is 32.2. The van der Waals surface area contributed by atoms with E-state index in [-0.39, 0.29) is 11.2 Å². The van der Waals surface area contributed by atoms with Gasteiger partial charge in [-0.05, 0) is 42.0 Å². The first-order valence-corrected chi connectivity index (χ1v) is 11.0. The van der Waals surface area contributed by atoms with Crippen molar-refractivity contribution in [3.63, 3.8) is 0 Å². The van der Waals surface area contributed by atoms with Gasteiger partial charge in [0.05, 0.1) is 5.25 Å². The normalized spacial score (nSPS) is 16.3. The van der Waals surface area contributed by atoms with E-state index >= 15 is 0 Å². The van der Waals surface area contributed by atoms with Crippen LogP contribution in [0.2, 0.25) is 0 Å². The second kappa shape index (κ2) is 8.45. The van der Waals surface area contributed by atoms with Crippen LogP contribution in [0.3, 0.4) is 0 Å².